The molecular formula is C11H16BrNO3. The van der Waals surface area contributed by atoms with E-state index in [-0.39, 0.29) is 22.7 Å². The van der Waals surface area contributed by atoms with Crippen LogP contribution in [0.2, 0.25) is 0 Å². The SMILES string of the molecule is CN(CC(=O)O)C(=O)C12CCC(CC1Br)C2. The van der Waals surface area contributed by atoms with Gasteiger partial charge in [0.25, 0.3) is 0 Å². The fourth-order valence-corrected chi connectivity index (χ4v) is 4.31. The Morgan fingerprint density at radius 2 is 2.25 bits per heavy atom. The molecule has 0 heterocycles. The molecule has 2 saturated carbocycles. The average Bonchev–Trinajstić information content (AvgIpc) is 2.73. The molecule has 3 atom stereocenters. The van der Waals surface area contributed by atoms with Crippen LogP contribution >= 0.6 is 15.9 Å². The maximum absolute atomic E-state index is 12.3. The van der Waals surface area contributed by atoms with Gasteiger partial charge in [0, 0.05) is 11.9 Å². The van der Waals surface area contributed by atoms with Crippen LogP contribution in [0, 0.1) is 11.3 Å². The van der Waals surface area contributed by atoms with Crippen molar-refractivity contribution in [3.05, 3.63) is 0 Å². The predicted octanol–water partition coefficient (Wildman–Crippen LogP) is 1.48. The predicted molar refractivity (Wildman–Crippen MR) is 62.4 cm³/mol. The Morgan fingerprint density at radius 3 is 2.69 bits per heavy atom. The van der Waals surface area contributed by atoms with E-state index in [0.29, 0.717) is 5.92 Å². The molecule has 1 N–H and O–H groups in total. The highest BCUT2D eigenvalue weighted by molar-refractivity contribution is 9.09. The van der Waals surface area contributed by atoms with E-state index < -0.39 is 5.97 Å². The molecule has 1 amide bonds. The summed E-state index contributed by atoms with van der Waals surface area (Å²) in [6.45, 7) is -0.203. The molecule has 0 aromatic rings. The number of nitrogens with zero attached hydrogens (tertiary/aromatic N) is 1. The van der Waals surface area contributed by atoms with Gasteiger partial charge in [0.05, 0.1) is 5.41 Å². The van der Waals surface area contributed by atoms with Crippen LogP contribution in [-0.2, 0) is 9.59 Å². The zero-order valence-corrected chi connectivity index (χ0v) is 10.9. The third kappa shape index (κ3) is 1.75. The van der Waals surface area contributed by atoms with E-state index in [1.54, 1.807) is 7.05 Å². The molecule has 4 nitrogen and oxygen atoms in total. The van der Waals surface area contributed by atoms with Crippen molar-refractivity contribution in [2.45, 2.75) is 30.5 Å². The molecule has 0 spiro atoms. The lowest BCUT2D eigenvalue weighted by Gasteiger charge is -2.33. The molecule has 2 fully saturated rings. The molecule has 2 aliphatic carbocycles. The number of rotatable bonds is 3. The van der Waals surface area contributed by atoms with Crippen molar-refractivity contribution in [1.29, 1.82) is 0 Å². The Morgan fingerprint density at radius 1 is 1.56 bits per heavy atom. The van der Waals surface area contributed by atoms with Crippen LogP contribution in [0.3, 0.4) is 0 Å². The topological polar surface area (TPSA) is 57.6 Å². The first-order valence-corrected chi connectivity index (χ1v) is 6.49. The molecule has 90 valence electrons. The third-order valence-corrected chi connectivity index (χ3v) is 5.19. The van der Waals surface area contributed by atoms with Crippen molar-refractivity contribution in [1.82, 2.24) is 4.90 Å². The Kier molecular flexibility index (Phi) is 2.99. The number of carboxylic acid groups (broad SMARTS) is 1. The number of carbonyl (C=O) groups excluding carboxylic acids is 1. The van der Waals surface area contributed by atoms with E-state index in [1.165, 1.54) is 4.90 Å². The lowest BCUT2D eigenvalue weighted by atomic mass is 9.83. The molecule has 2 bridgehead atoms. The zero-order chi connectivity index (χ0) is 11.9. The zero-order valence-electron chi connectivity index (χ0n) is 9.28. The fraction of sp³-hybridized carbons (Fsp3) is 0.818. The molecule has 2 rings (SSSR count). The number of likely N-dealkylation sites (N-methyl/N-ethyl adjacent to an activating group) is 1. The monoisotopic (exact) mass is 289 g/mol. The Hall–Kier alpha value is -0.580. The summed E-state index contributed by atoms with van der Waals surface area (Å²) in [5.41, 5.74) is -0.325. The highest BCUT2D eigenvalue weighted by atomic mass is 79.9. The fourth-order valence-electron chi connectivity index (χ4n) is 3.17. The minimum Gasteiger partial charge on any atom is -0.480 e. The number of halogens is 1. The summed E-state index contributed by atoms with van der Waals surface area (Å²) >= 11 is 3.59. The van der Waals surface area contributed by atoms with Crippen LogP contribution in [0.1, 0.15) is 25.7 Å². The summed E-state index contributed by atoms with van der Waals surface area (Å²) in [6, 6.07) is 0. The van der Waals surface area contributed by atoms with Crippen molar-refractivity contribution in [2.24, 2.45) is 11.3 Å². The van der Waals surface area contributed by atoms with Crippen molar-refractivity contribution < 1.29 is 14.7 Å². The van der Waals surface area contributed by atoms with Gasteiger partial charge in [0.2, 0.25) is 5.91 Å². The minimum atomic E-state index is -0.953. The summed E-state index contributed by atoms with van der Waals surface area (Å²) in [5, 5.41) is 8.70. The van der Waals surface area contributed by atoms with Gasteiger partial charge in [-0.15, -0.1) is 0 Å². The number of fused-ring (bicyclic) bond motifs is 2. The number of carboxylic acids is 1. The quantitative estimate of drug-likeness (QED) is 0.801. The maximum atomic E-state index is 12.3. The van der Waals surface area contributed by atoms with E-state index in [0.717, 1.165) is 25.7 Å². The second-order valence-corrected chi connectivity index (χ2v) is 6.13. The normalized spacial score (nSPS) is 36.4. The van der Waals surface area contributed by atoms with Gasteiger partial charge in [-0.05, 0) is 31.6 Å². The molecule has 16 heavy (non-hydrogen) atoms. The van der Waals surface area contributed by atoms with Crippen LogP contribution in [0.15, 0.2) is 0 Å². The molecule has 0 aromatic heterocycles. The Labute approximate surface area is 103 Å². The smallest absolute Gasteiger partial charge is 0.323 e. The molecule has 0 aliphatic heterocycles. The van der Waals surface area contributed by atoms with E-state index in [2.05, 4.69) is 15.9 Å². The number of aliphatic carboxylic acids is 1. The summed E-state index contributed by atoms with van der Waals surface area (Å²) in [4.78, 5) is 24.5. The maximum Gasteiger partial charge on any atom is 0.323 e. The number of amides is 1. The van der Waals surface area contributed by atoms with Crippen molar-refractivity contribution in [3.63, 3.8) is 0 Å². The second kappa shape index (κ2) is 4.02. The van der Waals surface area contributed by atoms with Crippen LogP contribution in [0.5, 0.6) is 0 Å². The van der Waals surface area contributed by atoms with E-state index in [1.807, 2.05) is 0 Å². The Bertz CT molecular complexity index is 333. The van der Waals surface area contributed by atoms with Crippen molar-refractivity contribution >= 4 is 27.8 Å². The van der Waals surface area contributed by atoms with Crippen LogP contribution < -0.4 is 0 Å². The van der Waals surface area contributed by atoms with Gasteiger partial charge in [0.15, 0.2) is 0 Å². The highest BCUT2D eigenvalue weighted by Gasteiger charge is 2.56. The first-order chi connectivity index (χ1) is 7.45. The van der Waals surface area contributed by atoms with Crippen LogP contribution in [0.4, 0.5) is 0 Å². The lowest BCUT2D eigenvalue weighted by molar-refractivity contribution is -0.148. The summed E-state index contributed by atoms with van der Waals surface area (Å²) in [7, 11) is 1.58. The summed E-state index contributed by atoms with van der Waals surface area (Å²) in [6.07, 6.45) is 3.98. The average molecular weight is 290 g/mol. The van der Waals surface area contributed by atoms with Gasteiger partial charge in [0.1, 0.15) is 6.54 Å². The van der Waals surface area contributed by atoms with Gasteiger partial charge in [-0.25, -0.2) is 0 Å². The third-order valence-electron chi connectivity index (χ3n) is 3.94. The second-order valence-electron chi connectivity index (χ2n) is 5.02. The molecule has 3 unspecified atom stereocenters. The van der Waals surface area contributed by atoms with E-state index in [4.69, 9.17) is 5.11 Å². The first-order valence-electron chi connectivity index (χ1n) is 5.57. The number of carbonyl (C=O) groups is 2. The van der Waals surface area contributed by atoms with Crippen LogP contribution in [0.25, 0.3) is 0 Å². The lowest BCUT2D eigenvalue weighted by Crippen LogP contribution is -2.45. The highest BCUT2D eigenvalue weighted by Crippen LogP contribution is 2.57. The van der Waals surface area contributed by atoms with Gasteiger partial charge < -0.3 is 10.0 Å². The summed E-state index contributed by atoms with van der Waals surface area (Å²) in [5.74, 6) is -0.311. The molecule has 5 heteroatoms. The number of alkyl halides is 1. The van der Waals surface area contributed by atoms with Crippen molar-refractivity contribution in [3.8, 4) is 0 Å². The molecule has 2 aliphatic rings. The first kappa shape index (κ1) is 11.9. The van der Waals surface area contributed by atoms with Gasteiger partial charge in [-0.1, -0.05) is 15.9 Å². The van der Waals surface area contributed by atoms with Gasteiger partial charge >= 0.3 is 5.97 Å². The van der Waals surface area contributed by atoms with Gasteiger partial charge in [-0.2, -0.15) is 0 Å². The van der Waals surface area contributed by atoms with Crippen molar-refractivity contribution in [2.75, 3.05) is 13.6 Å². The molecular weight excluding hydrogens is 274 g/mol. The standard InChI is InChI=1S/C11H16BrNO3/c1-13(6-9(14)15)10(16)11-3-2-7(5-11)4-8(11)12/h7-8H,2-6H2,1H3,(H,14,15). The van der Waals surface area contributed by atoms with Crippen LogP contribution in [-0.4, -0.2) is 40.3 Å². The Balaban J connectivity index is 2.11. The van der Waals surface area contributed by atoms with E-state index in [9.17, 15) is 9.59 Å². The minimum absolute atomic E-state index is 0.00299. The molecule has 0 saturated heterocycles. The van der Waals surface area contributed by atoms with E-state index >= 15 is 0 Å². The largest absolute Gasteiger partial charge is 0.480 e. The number of hydrogen-bond acceptors (Lipinski definition) is 2. The summed E-state index contributed by atoms with van der Waals surface area (Å²) < 4.78 is 0. The van der Waals surface area contributed by atoms with Gasteiger partial charge in [-0.3, -0.25) is 9.59 Å². The molecule has 0 radical (unpaired) electrons. The number of hydrogen-bond donors (Lipinski definition) is 1. The molecule has 0 aromatic carbocycles.